The number of hydrogen-bond donors (Lipinski definition) is 2. The van der Waals surface area contributed by atoms with Crippen molar-refractivity contribution in [3.63, 3.8) is 0 Å². The Kier molecular flexibility index (Phi) is 5.87. The van der Waals surface area contributed by atoms with Crippen molar-refractivity contribution in [1.29, 1.82) is 0 Å². The molecule has 2 N–H and O–H groups in total. The van der Waals surface area contributed by atoms with Crippen LogP contribution in [0.1, 0.15) is 15.9 Å². The van der Waals surface area contributed by atoms with E-state index >= 15 is 0 Å². The van der Waals surface area contributed by atoms with Crippen LogP contribution in [-0.2, 0) is 0 Å². The van der Waals surface area contributed by atoms with Crippen LogP contribution in [0.4, 0.5) is 5.69 Å². The summed E-state index contributed by atoms with van der Waals surface area (Å²) in [5, 5.41) is 24.6. The van der Waals surface area contributed by atoms with Crippen LogP contribution >= 0.6 is 45.2 Å². The highest BCUT2D eigenvalue weighted by molar-refractivity contribution is 14.1. The third kappa shape index (κ3) is 4.37. The van der Waals surface area contributed by atoms with Crippen LogP contribution in [0, 0.1) is 17.3 Å². The van der Waals surface area contributed by atoms with E-state index in [0.717, 1.165) is 3.57 Å². The predicted molar refractivity (Wildman–Crippen MR) is 102 cm³/mol. The molecule has 2 rings (SSSR count). The van der Waals surface area contributed by atoms with E-state index in [1.807, 2.05) is 22.6 Å². The number of nitro benzene ring substituents is 1. The third-order valence-corrected chi connectivity index (χ3v) is 4.22. The molecule has 7 nitrogen and oxygen atoms in total. The second-order valence-corrected chi connectivity index (χ2v) is 6.71. The molecule has 0 unspecified atom stereocenters. The van der Waals surface area contributed by atoms with E-state index < -0.39 is 10.8 Å². The summed E-state index contributed by atoms with van der Waals surface area (Å²) in [5.41, 5.74) is 2.27. The van der Waals surface area contributed by atoms with E-state index in [4.69, 9.17) is 0 Å². The highest BCUT2D eigenvalue weighted by Crippen LogP contribution is 2.25. The number of amides is 1. The average molecular weight is 537 g/mol. The van der Waals surface area contributed by atoms with Crippen molar-refractivity contribution in [2.45, 2.75) is 0 Å². The molecule has 0 heterocycles. The smallest absolute Gasteiger partial charge is 0.282 e. The maximum atomic E-state index is 12.0. The van der Waals surface area contributed by atoms with E-state index in [-0.39, 0.29) is 17.0 Å². The van der Waals surface area contributed by atoms with Crippen LogP contribution in [-0.4, -0.2) is 22.2 Å². The molecule has 0 aliphatic carbocycles. The maximum absolute atomic E-state index is 12.0. The number of carbonyl (C=O) groups excluding carboxylic acids is 1. The van der Waals surface area contributed by atoms with Crippen molar-refractivity contribution in [2.24, 2.45) is 5.10 Å². The van der Waals surface area contributed by atoms with Gasteiger partial charge >= 0.3 is 0 Å². The summed E-state index contributed by atoms with van der Waals surface area (Å²) in [5.74, 6) is -0.650. The minimum atomic E-state index is -0.701. The molecule has 9 heteroatoms. The van der Waals surface area contributed by atoms with E-state index in [2.05, 4.69) is 33.1 Å². The summed E-state index contributed by atoms with van der Waals surface area (Å²) in [7, 11) is 0. The Morgan fingerprint density at radius 1 is 1.30 bits per heavy atom. The summed E-state index contributed by atoms with van der Waals surface area (Å²) in [6.45, 7) is 0. The third-order valence-electron chi connectivity index (χ3n) is 2.77. The average Bonchev–Trinajstić information content (AvgIpc) is 2.51. The molecule has 0 saturated carbocycles. The molecule has 0 fully saturated rings. The van der Waals surface area contributed by atoms with Gasteiger partial charge in [-0.05, 0) is 63.4 Å². The number of phenolic OH excluding ortho intramolecular Hbond substituents is 1. The number of nitro groups is 1. The van der Waals surface area contributed by atoms with Crippen molar-refractivity contribution in [3.05, 3.63) is 64.8 Å². The van der Waals surface area contributed by atoms with E-state index in [1.165, 1.54) is 30.5 Å². The number of aromatic hydroxyl groups is 1. The lowest BCUT2D eigenvalue weighted by molar-refractivity contribution is -0.385. The Balaban J connectivity index is 2.19. The van der Waals surface area contributed by atoms with Gasteiger partial charge in [-0.1, -0.05) is 12.1 Å². The van der Waals surface area contributed by atoms with Gasteiger partial charge in [0.25, 0.3) is 11.6 Å². The van der Waals surface area contributed by atoms with Gasteiger partial charge in [0.1, 0.15) is 11.3 Å². The first-order valence-electron chi connectivity index (χ1n) is 6.15. The van der Waals surface area contributed by atoms with Crippen molar-refractivity contribution in [1.82, 2.24) is 5.43 Å². The number of carbonyl (C=O) groups is 1. The summed E-state index contributed by atoms with van der Waals surface area (Å²) in [4.78, 5) is 22.2. The number of halogens is 2. The highest BCUT2D eigenvalue weighted by atomic mass is 127. The minimum Gasteiger partial charge on any atom is -0.506 e. The summed E-state index contributed by atoms with van der Waals surface area (Å²) in [6, 6.07) is 9.07. The summed E-state index contributed by atoms with van der Waals surface area (Å²) >= 11 is 4.08. The number of rotatable bonds is 4. The molecule has 1 amide bonds. The molecule has 118 valence electrons. The van der Waals surface area contributed by atoms with Gasteiger partial charge in [-0.2, -0.15) is 5.10 Å². The zero-order valence-corrected chi connectivity index (χ0v) is 15.7. The van der Waals surface area contributed by atoms with Gasteiger partial charge in [-0.15, -0.1) is 0 Å². The minimum absolute atomic E-state index is 0.0507. The summed E-state index contributed by atoms with van der Waals surface area (Å²) < 4.78 is 1.55. The van der Waals surface area contributed by atoms with Crippen molar-refractivity contribution in [3.8, 4) is 5.75 Å². The van der Waals surface area contributed by atoms with Gasteiger partial charge in [0, 0.05) is 15.2 Å². The second kappa shape index (κ2) is 7.68. The number of hydrogen-bond acceptors (Lipinski definition) is 5. The lowest BCUT2D eigenvalue weighted by Gasteiger charge is -2.03. The molecule has 2 aromatic carbocycles. The zero-order chi connectivity index (χ0) is 17.0. The van der Waals surface area contributed by atoms with Crippen LogP contribution in [0.15, 0.2) is 41.5 Å². The lowest BCUT2D eigenvalue weighted by Crippen LogP contribution is -2.19. The maximum Gasteiger partial charge on any atom is 0.282 e. The fourth-order valence-electron chi connectivity index (χ4n) is 1.73. The largest absolute Gasteiger partial charge is 0.506 e. The van der Waals surface area contributed by atoms with E-state index in [1.54, 1.807) is 12.1 Å². The Morgan fingerprint density at radius 2 is 2.00 bits per heavy atom. The Labute approximate surface area is 158 Å². The molecule has 0 aliphatic rings. The van der Waals surface area contributed by atoms with Gasteiger partial charge in [0.05, 0.1) is 14.7 Å². The molecule has 0 aliphatic heterocycles. The molecule has 2 aromatic rings. The number of nitrogens with one attached hydrogen (secondary N) is 1. The molecule has 0 radical (unpaired) electrons. The first-order valence-corrected chi connectivity index (χ1v) is 8.30. The van der Waals surface area contributed by atoms with Crippen LogP contribution in [0.2, 0.25) is 0 Å². The SMILES string of the molecule is O=C(N/N=C/c1cc(I)cc(I)c1O)c1ccccc1[N+](=O)[O-]. The molecule has 0 aromatic heterocycles. The molecule has 0 spiro atoms. The molecule has 23 heavy (non-hydrogen) atoms. The van der Waals surface area contributed by atoms with Gasteiger partial charge in [-0.3, -0.25) is 14.9 Å². The summed E-state index contributed by atoms with van der Waals surface area (Å²) in [6.07, 6.45) is 1.28. The number of phenols is 1. The van der Waals surface area contributed by atoms with Gasteiger partial charge in [-0.25, -0.2) is 5.43 Å². The highest BCUT2D eigenvalue weighted by Gasteiger charge is 2.18. The quantitative estimate of drug-likeness (QED) is 0.271. The number of benzene rings is 2. The zero-order valence-electron chi connectivity index (χ0n) is 11.4. The van der Waals surface area contributed by atoms with E-state index in [9.17, 15) is 20.0 Å². The van der Waals surface area contributed by atoms with Crippen LogP contribution in [0.5, 0.6) is 5.75 Å². The fraction of sp³-hybridized carbons (Fsp3) is 0. The van der Waals surface area contributed by atoms with Gasteiger partial charge in [0.2, 0.25) is 0 Å². The second-order valence-electron chi connectivity index (χ2n) is 4.30. The monoisotopic (exact) mass is 537 g/mol. The molecular weight excluding hydrogens is 528 g/mol. The lowest BCUT2D eigenvalue weighted by atomic mass is 10.2. The molecular formula is C14H9I2N3O4. The van der Waals surface area contributed by atoms with Crippen molar-refractivity contribution in [2.75, 3.05) is 0 Å². The number of nitrogens with zero attached hydrogens (tertiary/aromatic N) is 2. The topological polar surface area (TPSA) is 105 Å². The Hall–Kier alpha value is -1.76. The standard InChI is InChI=1S/C14H9I2N3O4/c15-9-5-8(13(20)11(16)6-9)7-17-18-14(21)10-3-1-2-4-12(10)19(22)23/h1-7,20H,(H,18,21)/b17-7+. The number of para-hydroxylation sites is 1. The first-order chi connectivity index (χ1) is 10.9. The van der Waals surface area contributed by atoms with Crippen molar-refractivity contribution >= 4 is 63.0 Å². The molecule has 0 atom stereocenters. The van der Waals surface area contributed by atoms with Crippen LogP contribution in [0.3, 0.4) is 0 Å². The Morgan fingerprint density at radius 3 is 2.70 bits per heavy atom. The van der Waals surface area contributed by atoms with Crippen LogP contribution in [0.25, 0.3) is 0 Å². The first kappa shape index (κ1) is 17.6. The fourth-order valence-corrected chi connectivity index (χ4v) is 3.62. The van der Waals surface area contributed by atoms with Crippen molar-refractivity contribution < 1.29 is 14.8 Å². The van der Waals surface area contributed by atoms with Gasteiger partial charge < -0.3 is 5.11 Å². The normalized spacial score (nSPS) is 10.7. The molecule has 0 bridgehead atoms. The predicted octanol–water partition coefficient (Wildman–Crippen LogP) is 3.27. The Bertz CT molecular complexity index is 809. The van der Waals surface area contributed by atoms with Gasteiger partial charge in [0.15, 0.2) is 0 Å². The number of hydrazone groups is 1. The molecule has 0 saturated heterocycles. The van der Waals surface area contributed by atoms with E-state index in [0.29, 0.717) is 9.13 Å². The van der Waals surface area contributed by atoms with Crippen LogP contribution < -0.4 is 5.43 Å².